The molecule has 0 radical (unpaired) electrons. The molecule has 1 aliphatic heterocycles. The van der Waals surface area contributed by atoms with E-state index in [-0.39, 0.29) is 11.8 Å². The number of carbonyl (C=O) groups excluding carboxylic acids is 1. The molecule has 128 valence electrons. The van der Waals surface area contributed by atoms with Crippen LogP contribution < -0.4 is 10.6 Å². The van der Waals surface area contributed by atoms with Gasteiger partial charge in [0.25, 0.3) is 0 Å². The number of hydrogen-bond donors (Lipinski definition) is 2. The summed E-state index contributed by atoms with van der Waals surface area (Å²) < 4.78 is 1.70. The largest absolute Gasteiger partial charge is 0.314 e. The van der Waals surface area contributed by atoms with Gasteiger partial charge in [-0.3, -0.25) is 4.79 Å². The van der Waals surface area contributed by atoms with Crippen molar-refractivity contribution in [3.8, 4) is 0 Å². The second kappa shape index (κ2) is 7.55. The minimum absolute atomic E-state index is 0.0218. The fourth-order valence-electron chi connectivity index (χ4n) is 3.00. The highest BCUT2D eigenvalue weighted by Crippen LogP contribution is 2.26. The number of aromatic nitrogens is 2. The van der Waals surface area contributed by atoms with E-state index in [1.165, 1.54) is 0 Å². The minimum Gasteiger partial charge on any atom is -0.314 e. The number of rotatable bonds is 4. The predicted molar refractivity (Wildman–Crippen MR) is 96.6 cm³/mol. The lowest BCUT2D eigenvalue weighted by atomic mass is 9.92. The molecule has 0 unspecified atom stereocenters. The average molecular weight is 367 g/mol. The van der Waals surface area contributed by atoms with E-state index in [9.17, 15) is 4.79 Å². The Morgan fingerprint density at radius 3 is 2.83 bits per heavy atom. The third-order valence-electron chi connectivity index (χ3n) is 4.33. The summed E-state index contributed by atoms with van der Waals surface area (Å²) >= 11 is 12.4. The zero-order valence-electron chi connectivity index (χ0n) is 13.4. The number of carbonyl (C=O) groups is 1. The van der Waals surface area contributed by atoms with Gasteiger partial charge in [0.05, 0.1) is 12.7 Å². The third-order valence-corrected chi connectivity index (χ3v) is 5.04. The number of anilines is 1. The molecular formula is C17H20Cl2N4O. The monoisotopic (exact) mass is 366 g/mol. The first-order valence-corrected chi connectivity index (χ1v) is 8.79. The maximum absolute atomic E-state index is 12.5. The Balaban J connectivity index is 1.72. The highest BCUT2D eigenvalue weighted by molar-refractivity contribution is 6.35. The number of hydrogen-bond acceptors (Lipinski definition) is 3. The van der Waals surface area contributed by atoms with Crippen LogP contribution in [-0.2, 0) is 11.3 Å². The molecule has 2 aromatic rings. The van der Waals surface area contributed by atoms with E-state index in [4.69, 9.17) is 23.2 Å². The summed E-state index contributed by atoms with van der Waals surface area (Å²) in [5, 5.41) is 11.8. The molecule has 1 aliphatic rings. The normalized spacial score (nSPS) is 20.8. The lowest BCUT2D eigenvalue weighted by molar-refractivity contribution is -0.120. The SMILES string of the molecule is C[C@H]1C[C@@H](C(=O)Nc2ccnn2Cc2c(Cl)cccc2Cl)CCN1. The fraction of sp³-hybridized carbons (Fsp3) is 0.412. The Bertz CT molecular complexity index is 711. The first-order chi connectivity index (χ1) is 11.5. The number of nitrogens with zero attached hydrogens (tertiary/aromatic N) is 2. The minimum atomic E-state index is 0.0218. The van der Waals surface area contributed by atoms with Crippen molar-refractivity contribution in [3.05, 3.63) is 46.1 Å². The van der Waals surface area contributed by atoms with Crippen LogP contribution in [0.15, 0.2) is 30.5 Å². The number of nitrogens with one attached hydrogen (secondary N) is 2. The first-order valence-electron chi connectivity index (χ1n) is 8.03. The summed E-state index contributed by atoms with van der Waals surface area (Å²) in [5.74, 6) is 0.714. The zero-order chi connectivity index (χ0) is 17.1. The van der Waals surface area contributed by atoms with E-state index < -0.39 is 0 Å². The lowest BCUT2D eigenvalue weighted by Gasteiger charge is -2.27. The van der Waals surface area contributed by atoms with Crippen molar-refractivity contribution in [2.24, 2.45) is 5.92 Å². The van der Waals surface area contributed by atoms with E-state index in [1.807, 2.05) is 0 Å². The second-order valence-electron chi connectivity index (χ2n) is 6.14. The van der Waals surface area contributed by atoms with Gasteiger partial charge < -0.3 is 10.6 Å². The van der Waals surface area contributed by atoms with Crippen molar-refractivity contribution >= 4 is 34.9 Å². The number of amides is 1. The van der Waals surface area contributed by atoms with Crippen LogP contribution in [-0.4, -0.2) is 28.3 Å². The van der Waals surface area contributed by atoms with Crippen LogP contribution in [0, 0.1) is 5.92 Å². The van der Waals surface area contributed by atoms with E-state index in [1.54, 1.807) is 35.1 Å². The van der Waals surface area contributed by atoms with Crippen molar-refractivity contribution in [1.29, 1.82) is 0 Å². The van der Waals surface area contributed by atoms with Gasteiger partial charge in [-0.05, 0) is 38.4 Å². The Hall–Kier alpha value is -1.56. The highest BCUT2D eigenvalue weighted by Gasteiger charge is 2.25. The molecule has 0 spiro atoms. The molecule has 3 rings (SSSR count). The van der Waals surface area contributed by atoms with Gasteiger partial charge in [0, 0.05) is 33.6 Å². The molecule has 1 fully saturated rings. The average Bonchev–Trinajstić information content (AvgIpc) is 2.98. The molecule has 2 N–H and O–H groups in total. The zero-order valence-corrected chi connectivity index (χ0v) is 14.9. The molecule has 0 bridgehead atoms. The molecule has 2 heterocycles. The van der Waals surface area contributed by atoms with Crippen molar-refractivity contribution < 1.29 is 4.79 Å². The molecule has 5 nitrogen and oxygen atoms in total. The van der Waals surface area contributed by atoms with Crippen molar-refractivity contribution in [1.82, 2.24) is 15.1 Å². The van der Waals surface area contributed by atoms with Gasteiger partial charge >= 0.3 is 0 Å². The highest BCUT2D eigenvalue weighted by atomic mass is 35.5. The van der Waals surface area contributed by atoms with E-state index in [2.05, 4.69) is 22.7 Å². The van der Waals surface area contributed by atoms with Gasteiger partial charge in [0.15, 0.2) is 0 Å². The standard InChI is InChI=1S/C17H20Cl2N4O/c1-11-9-12(5-7-20-11)17(24)22-16-6-8-21-23(16)10-13-14(18)3-2-4-15(13)19/h2-4,6,8,11-12,20H,5,7,9-10H2,1H3,(H,22,24)/t11-,12-/m0/s1. The van der Waals surface area contributed by atoms with Crippen LogP contribution in [0.4, 0.5) is 5.82 Å². The van der Waals surface area contributed by atoms with Gasteiger partial charge in [-0.2, -0.15) is 5.10 Å². The maximum Gasteiger partial charge on any atom is 0.228 e. The topological polar surface area (TPSA) is 59.0 Å². The molecule has 0 aliphatic carbocycles. The number of halogens is 2. The molecule has 1 aromatic carbocycles. The third kappa shape index (κ3) is 3.91. The second-order valence-corrected chi connectivity index (χ2v) is 6.95. The smallest absolute Gasteiger partial charge is 0.228 e. The summed E-state index contributed by atoms with van der Waals surface area (Å²) in [6.45, 7) is 3.38. The summed E-state index contributed by atoms with van der Waals surface area (Å²) in [4.78, 5) is 12.5. The predicted octanol–water partition coefficient (Wildman–Crippen LogP) is 3.56. The van der Waals surface area contributed by atoms with E-state index in [0.29, 0.717) is 28.4 Å². The van der Waals surface area contributed by atoms with Crippen LogP contribution in [0.5, 0.6) is 0 Å². The first kappa shape index (κ1) is 17.3. The molecule has 24 heavy (non-hydrogen) atoms. The molecule has 1 amide bonds. The summed E-state index contributed by atoms with van der Waals surface area (Å²) in [6, 6.07) is 7.54. The Kier molecular flexibility index (Phi) is 5.43. The van der Waals surface area contributed by atoms with Crippen molar-refractivity contribution in [2.45, 2.75) is 32.4 Å². The van der Waals surface area contributed by atoms with E-state index >= 15 is 0 Å². The Labute approximate surface area is 151 Å². The molecule has 0 saturated carbocycles. The van der Waals surface area contributed by atoms with Gasteiger partial charge in [0.1, 0.15) is 5.82 Å². The number of piperidine rings is 1. The molecule has 2 atom stereocenters. The van der Waals surface area contributed by atoms with Gasteiger partial charge in [-0.25, -0.2) is 4.68 Å². The summed E-state index contributed by atoms with van der Waals surface area (Å²) in [6.07, 6.45) is 3.35. The van der Waals surface area contributed by atoms with Crippen LogP contribution in [0.25, 0.3) is 0 Å². The van der Waals surface area contributed by atoms with Crippen molar-refractivity contribution in [3.63, 3.8) is 0 Å². The van der Waals surface area contributed by atoms with Crippen molar-refractivity contribution in [2.75, 3.05) is 11.9 Å². The number of benzene rings is 1. The molecule has 7 heteroatoms. The molecule has 1 aromatic heterocycles. The Morgan fingerprint density at radius 1 is 1.38 bits per heavy atom. The quantitative estimate of drug-likeness (QED) is 0.869. The maximum atomic E-state index is 12.5. The molecule has 1 saturated heterocycles. The van der Waals surface area contributed by atoms with Gasteiger partial charge in [0.2, 0.25) is 5.91 Å². The molecular weight excluding hydrogens is 347 g/mol. The van der Waals surface area contributed by atoms with Crippen LogP contribution in [0.1, 0.15) is 25.3 Å². The van der Waals surface area contributed by atoms with Crippen LogP contribution in [0.3, 0.4) is 0 Å². The van der Waals surface area contributed by atoms with E-state index in [0.717, 1.165) is 24.9 Å². The fourth-order valence-corrected chi connectivity index (χ4v) is 3.51. The van der Waals surface area contributed by atoms with Gasteiger partial charge in [-0.1, -0.05) is 29.3 Å². The van der Waals surface area contributed by atoms with Crippen LogP contribution >= 0.6 is 23.2 Å². The lowest BCUT2D eigenvalue weighted by Crippen LogP contribution is -2.40. The Morgan fingerprint density at radius 2 is 2.12 bits per heavy atom. The van der Waals surface area contributed by atoms with Crippen LogP contribution in [0.2, 0.25) is 10.0 Å². The summed E-state index contributed by atoms with van der Waals surface area (Å²) in [5.41, 5.74) is 0.788. The summed E-state index contributed by atoms with van der Waals surface area (Å²) in [7, 11) is 0. The van der Waals surface area contributed by atoms with Gasteiger partial charge in [-0.15, -0.1) is 0 Å².